The third kappa shape index (κ3) is 4.66. The summed E-state index contributed by atoms with van der Waals surface area (Å²) in [7, 11) is 0. The number of nitrogens with one attached hydrogen (secondary N) is 1. The molecule has 0 saturated carbocycles. The average molecular weight is 335 g/mol. The highest BCUT2D eigenvalue weighted by atomic mass is 79.9. The van der Waals surface area contributed by atoms with Gasteiger partial charge in [0.15, 0.2) is 0 Å². The maximum atomic E-state index is 11.8. The molecule has 1 rings (SSSR count). The number of halogens is 2. The Balaban J connectivity index is 2.62. The molecular weight excluding hydrogens is 321 g/mol. The predicted molar refractivity (Wildman–Crippen MR) is 72.7 cm³/mol. The lowest BCUT2D eigenvalue weighted by molar-refractivity contribution is -0.119. The lowest BCUT2D eigenvalue weighted by Gasteiger charge is -2.14. The molecule has 1 amide bonds. The Kier molecular flexibility index (Phi) is 5.62. The molecule has 18 heavy (non-hydrogen) atoms. The van der Waals surface area contributed by atoms with Crippen molar-refractivity contribution in [1.82, 2.24) is 5.32 Å². The minimum Gasteiger partial charge on any atom is -0.457 e. The first-order valence-corrected chi connectivity index (χ1v) is 6.47. The molecule has 98 valence electrons. The number of carbonyl (C=O) groups is 2. The van der Waals surface area contributed by atoms with Crippen molar-refractivity contribution in [3.05, 3.63) is 33.3 Å². The summed E-state index contributed by atoms with van der Waals surface area (Å²) in [5.41, 5.74) is 0.301. The summed E-state index contributed by atoms with van der Waals surface area (Å²) >= 11 is 9.19. The van der Waals surface area contributed by atoms with Crippen molar-refractivity contribution in [3.63, 3.8) is 0 Å². The van der Waals surface area contributed by atoms with E-state index in [4.69, 9.17) is 16.3 Å². The number of amides is 1. The van der Waals surface area contributed by atoms with Gasteiger partial charge >= 0.3 is 5.97 Å². The average Bonchev–Trinajstić information content (AvgIpc) is 2.26. The van der Waals surface area contributed by atoms with Gasteiger partial charge in [-0.3, -0.25) is 4.79 Å². The smallest absolute Gasteiger partial charge is 0.339 e. The molecule has 0 saturated heterocycles. The molecule has 6 heteroatoms. The Morgan fingerprint density at radius 2 is 2.17 bits per heavy atom. The van der Waals surface area contributed by atoms with Gasteiger partial charge < -0.3 is 10.1 Å². The van der Waals surface area contributed by atoms with Crippen molar-refractivity contribution in [2.24, 2.45) is 0 Å². The molecular formula is C12H13BrClNO3. The van der Waals surface area contributed by atoms with E-state index in [1.54, 1.807) is 25.1 Å². The van der Waals surface area contributed by atoms with Crippen LogP contribution in [0.15, 0.2) is 22.7 Å². The van der Waals surface area contributed by atoms with Crippen LogP contribution < -0.4 is 5.32 Å². The molecule has 1 aromatic carbocycles. The molecule has 0 fully saturated rings. The fraction of sp³-hybridized carbons (Fsp3) is 0.333. The first-order chi connectivity index (χ1) is 8.40. The van der Waals surface area contributed by atoms with Crippen molar-refractivity contribution in [1.29, 1.82) is 0 Å². The second-order valence-corrected chi connectivity index (χ2v) is 5.10. The Bertz CT molecular complexity index is 465. The SMILES string of the molecule is CC(=O)NC[C@H](C)OC(=O)c1ccc(Br)cc1Cl. The lowest BCUT2D eigenvalue weighted by Crippen LogP contribution is -2.31. The van der Waals surface area contributed by atoms with E-state index in [0.29, 0.717) is 10.6 Å². The number of benzene rings is 1. The summed E-state index contributed by atoms with van der Waals surface area (Å²) in [4.78, 5) is 22.5. The monoisotopic (exact) mass is 333 g/mol. The van der Waals surface area contributed by atoms with Gasteiger partial charge in [-0.1, -0.05) is 27.5 Å². The van der Waals surface area contributed by atoms with Crippen LogP contribution in [0.25, 0.3) is 0 Å². The van der Waals surface area contributed by atoms with Crippen molar-refractivity contribution < 1.29 is 14.3 Å². The van der Waals surface area contributed by atoms with Crippen molar-refractivity contribution in [2.75, 3.05) is 6.54 Å². The van der Waals surface area contributed by atoms with Gasteiger partial charge in [-0.05, 0) is 25.1 Å². The van der Waals surface area contributed by atoms with Gasteiger partial charge in [-0.15, -0.1) is 0 Å². The molecule has 1 atom stereocenters. The lowest BCUT2D eigenvalue weighted by atomic mass is 10.2. The summed E-state index contributed by atoms with van der Waals surface area (Å²) in [5, 5.41) is 2.89. The van der Waals surface area contributed by atoms with Crippen LogP contribution in [-0.4, -0.2) is 24.5 Å². The molecule has 0 unspecified atom stereocenters. The number of ether oxygens (including phenoxy) is 1. The van der Waals surface area contributed by atoms with Crippen LogP contribution in [0.1, 0.15) is 24.2 Å². The summed E-state index contributed by atoms with van der Waals surface area (Å²) in [6.45, 7) is 3.37. The zero-order chi connectivity index (χ0) is 13.7. The Morgan fingerprint density at radius 3 is 2.72 bits per heavy atom. The van der Waals surface area contributed by atoms with E-state index in [1.807, 2.05) is 0 Å². The Labute approximate surface area is 119 Å². The van der Waals surface area contributed by atoms with E-state index in [0.717, 1.165) is 4.47 Å². The van der Waals surface area contributed by atoms with Gasteiger partial charge in [0, 0.05) is 11.4 Å². The van der Waals surface area contributed by atoms with Gasteiger partial charge in [0.05, 0.1) is 17.1 Å². The van der Waals surface area contributed by atoms with Gasteiger partial charge in [0.1, 0.15) is 6.10 Å². The highest BCUT2D eigenvalue weighted by molar-refractivity contribution is 9.10. The molecule has 0 aliphatic carbocycles. The highest BCUT2D eigenvalue weighted by Crippen LogP contribution is 2.22. The van der Waals surface area contributed by atoms with Crippen LogP contribution in [0.4, 0.5) is 0 Å². The Morgan fingerprint density at radius 1 is 1.50 bits per heavy atom. The van der Waals surface area contributed by atoms with Crippen LogP contribution in [-0.2, 0) is 9.53 Å². The normalized spacial score (nSPS) is 11.8. The van der Waals surface area contributed by atoms with E-state index in [-0.39, 0.29) is 12.5 Å². The molecule has 0 bridgehead atoms. The molecule has 0 spiro atoms. The minimum atomic E-state index is -0.509. The number of esters is 1. The van der Waals surface area contributed by atoms with E-state index in [1.165, 1.54) is 6.92 Å². The summed E-state index contributed by atoms with van der Waals surface area (Å²) < 4.78 is 5.94. The number of hydrogen-bond acceptors (Lipinski definition) is 3. The molecule has 0 aliphatic rings. The maximum Gasteiger partial charge on any atom is 0.339 e. The van der Waals surface area contributed by atoms with Crippen LogP contribution in [0.2, 0.25) is 5.02 Å². The van der Waals surface area contributed by atoms with Crippen LogP contribution in [0, 0.1) is 0 Å². The highest BCUT2D eigenvalue weighted by Gasteiger charge is 2.15. The van der Waals surface area contributed by atoms with Crippen molar-refractivity contribution in [3.8, 4) is 0 Å². The largest absolute Gasteiger partial charge is 0.457 e. The zero-order valence-electron chi connectivity index (χ0n) is 10.00. The second kappa shape index (κ2) is 6.75. The van der Waals surface area contributed by atoms with E-state index in [9.17, 15) is 9.59 Å². The van der Waals surface area contributed by atoms with E-state index < -0.39 is 12.1 Å². The standard InChI is InChI=1S/C12H13BrClNO3/c1-7(6-15-8(2)16)18-12(17)10-4-3-9(13)5-11(10)14/h3-5,7H,6H2,1-2H3,(H,15,16)/t7-/m0/s1. The minimum absolute atomic E-state index is 0.167. The second-order valence-electron chi connectivity index (χ2n) is 3.78. The van der Waals surface area contributed by atoms with Gasteiger partial charge in [-0.25, -0.2) is 4.79 Å². The van der Waals surface area contributed by atoms with Crippen molar-refractivity contribution in [2.45, 2.75) is 20.0 Å². The fourth-order valence-corrected chi connectivity index (χ4v) is 1.98. The van der Waals surface area contributed by atoms with Gasteiger partial charge in [-0.2, -0.15) is 0 Å². The first-order valence-electron chi connectivity index (χ1n) is 5.30. The summed E-state index contributed by atoms with van der Waals surface area (Å²) in [6.07, 6.45) is -0.416. The fourth-order valence-electron chi connectivity index (χ4n) is 1.23. The van der Waals surface area contributed by atoms with Crippen LogP contribution >= 0.6 is 27.5 Å². The maximum absolute atomic E-state index is 11.8. The summed E-state index contributed by atoms with van der Waals surface area (Å²) in [6, 6.07) is 4.91. The number of carbonyl (C=O) groups excluding carboxylic acids is 2. The molecule has 4 nitrogen and oxygen atoms in total. The van der Waals surface area contributed by atoms with Gasteiger partial charge in [0.2, 0.25) is 5.91 Å². The molecule has 1 N–H and O–H groups in total. The molecule has 0 heterocycles. The predicted octanol–water partition coefficient (Wildman–Crippen LogP) is 2.78. The quantitative estimate of drug-likeness (QED) is 0.862. The zero-order valence-corrected chi connectivity index (χ0v) is 12.3. The molecule has 0 aromatic heterocycles. The first kappa shape index (κ1) is 15.0. The molecule has 1 aromatic rings. The molecule has 0 radical (unpaired) electrons. The van der Waals surface area contributed by atoms with Gasteiger partial charge in [0.25, 0.3) is 0 Å². The Hall–Kier alpha value is -1.07. The number of rotatable bonds is 4. The number of hydrogen-bond donors (Lipinski definition) is 1. The van der Waals surface area contributed by atoms with Crippen LogP contribution in [0.5, 0.6) is 0 Å². The molecule has 0 aliphatic heterocycles. The topological polar surface area (TPSA) is 55.4 Å². The van der Waals surface area contributed by atoms with Crippen LogP contribution in [0.3, 0.4) is 0 Å². The van der Waals surface area contributed by atoms with Crippen molar-refractivity contribution >= 4 is 39.4 Å². The van der Waals surface area contributed by atoms with E-state index in [2.05, 4.69) is 21.2 Å². The third-order valence-electron chi connectivity index (χ3n) is 2.10. The van der Waals surface area contributed by atoms with E-state index >= 15 is 0 Å². The summed E-state index contributed by atoms with van der Waals surface area (Å²) in [5.74, 6) is -0.676. The third-order valence-corrected chi connectivity index (χ3v) is 2.90.